The smallest absolute Gasteiger partial charge is 0.123 e. The van der Waals surface area contributed by atoms with Crippen LogP contribution in [0, 0.1) is 11.7 Å². The fourth-order valence-electron chi connectivity index (χ4n) is 3.80. The molecule has 0 radical (unpaired) electrons. The van der Waals surface area contributed by atoms with E-state index in [1.807, 2.05) is 6.07 Å². The second kappa shape index (κ2) is 4.81. The molecule has 1 heterocycles. The Hall–Kier alpha value is -0.930. The Morgan fingerprint density at radius 2 is 2.00 bits per heavy atom. The van der Waals surface area contributed by atoms with Gasteiger partial charge in [0.15, 0.2) is 0 Å². The van der Waals surface area contributed by atoms with Crippen LogP contribution in [0.25, 0.3) is 0 Å². The highest BCUT2D eigenvalue weighted by Gasteiger charge is 2.52. The molecule has 2 nitrogen and oxygen atoms in total. The van der Waals surface area contributed by atoms with Crippen LogP contribution < -0.4 is 5.73 Å². The third-order valence-corrected chi connectivity index (χ3v) is 4.34. The summed E-state index contributed by atoms with van der Waals surface area (Å²) in [5.41, 5.74) is 6.69. The molecule has 0 saturated carbocycles. The van der Waals surface area contributed by atoms with Gasteiger partial charge in [-0.25, -0.2) is 4.39 Å². The highest BCUT2D eigenvalue weighted by atomic mass is 19.1. The Morgan fingerprint density at radius 1 is 1.35 bits per heavy atom. The van der Waals surface area contributed by atoms with Gasteiger partial charge in [-0.3, -0.25) is 0 Å². The van der Waals surface area contributed by atoms with Gasteiger partial charge in [-0.1, -0.05) is 12.1 Å². The van der Waals surface area contributed by atoms with Crippen LogP contribution in [-0.2, 0) is 11.2 Å². The summed E-state index contributed by atoms with van der Waals surface area (Å²) in [5.74, 6) is 0.0221. The molecule has 1 aromatic carbocycles. The third-order valence-electron chi connectivity index (χ3n) is 4.34. The van der Waals surface area contributed by atoms with Crippen LogP contribution in [0.5, 0.6) is 0 Å². The summed E-state index contributed by atoms with van der Waals surface area (Å²) < 4.78 is 19.5. The molecule has 0 bridgehead atoms. The highest BCUT2D eigenvalue weighted by molar-refractivity contribution is 5.20. The minimum absolute atomic E-state index is 0.156. The number of benzene rings is 1. The molecule has 0 amide bonds. The first-order valence-corrected chi connectivity index (χ1v) is 7.25. The molecule has 0 spiro atoms. The molecule has 112 valence electrons. The lowest BCUT2D eigenvalue weighted by Crippen LogP contribution is -2.52. The van der Waals surface area contributed by atoms with E-state index in [0.717, 1.165) is 12.0 Å². The molecule has 1 aromatic rings. The van der Waals surface area contributed by atoms with Crippen molar-refractivity contribution in [2.45, 2.75) is 64.2 Å². The zero-order valence-corrected chi connectivity index (χ0v) is 13.2. The topological polar surface area (TPSA) is 35.2 Å². The molecule has 20 heavy (non-hydrogen) atoms. The minimum atomic E-state index is -0.426. The van der Waals surface area contributed by atoms with E-state index in [1.165, 1.54) is 6.07 Å². The van der Waals surface area contributed by atoms with Crippen molar-refractivity contribution in [1.29, 1.82) is 0 Å². The van der Waals surface area contributed by atoms with Crippen molar-refractivity contribution in [2.24, 2.45) is 11.7 Å². The number of ether oxygens (including phenoxy) is 1. The molecular weight excluding hydrogens is 253 g/mol. The molecule has 0 aliphatic carbocycles. The third kappa shape index (κ3) is 3.21. The first-order valence-electron chi connectivity index (χ1n) is 7.25. The summed E-state index contributed by atoms with van der Waals surface area (Å²) in [6.07, 6.45) is 1.57. The molecule has 1 aliphatic rings. The second-order valence-electron chi connectivity index (χ2n) is 7.53. The predicted octanol–water partition coefficient (Wildman–Crippen LogP) is 3.68. The lowest BCUT2D eigenvalue weighted by atomic mass is 9.71. The molecule has 3 heteroatoms. The van der Waals surface area contributed by atoms with Crippen molar-refractivity contribution < 1.29 is 9.13 Å². The van der Waals surface area contributed by atoms with E-state index >= 15 is 0 Å². The van der Waals surface area contributed by atoms with Crippen molar-refractivity contribution >= 4 is 0 Å². The van der Waals surface area contributed by atoms with E-state index in [9.17, 15) is 4.39 Å². The Bertz CT molecular complexity index is 494. The maximum absolute atomic E-state index is 13.3. The molecule has 1 fully saturated rings. The van der Waals surface area contributed by atoms with Gasteiger partial charge >= 0.3 is 0 Å². The highest BCUT2D eigenvalue weighted by Crippen LogP contribution is 2.46. The first kappa shape index (κ1) is 15.5. The number of rotatable bonds is 3. The molecule has 2 unspecified atom stereocenters. The first-order chi connectivity index (χ1) is 9.02. The van der Waals surface area contributed by atoms with Crippen molar-refractivity contribution in [1.82, 2.24) is 0 Å². The number of hydrogen-bond donors (Lipinski definition) is 1. The molecular formula is C17H26FNO. The second-order valence-corrected chi connectivity index (χ2v) is 7.53. The van der Waals surface area contributed by atoms with Crippen molar-refractivity contribution in [2.75, 3.05) is 0 Å². The van der Waals surface area contributed by atoms with E-state index in [0.29, 0.717) is 6.42 Å². The van der Waals surface area contributed by atoms with Gasteiger partial charge in [0.2, 0.25) is 0 Å². The Kier molecular flexibility index (Phi) is 3.72. The lowest BCUT2D eigenvalue weighted by Gasteiger charge is -2.39. The van der Waals surface area contributed by atoms with E-state index in [2.05, 4.69) is 34.6 Å². The van der Waals surface area contributed by atoms with Crippen LogP contribution >= 0.6 is 0 Å². The Labute approximate surface area is 121 Å². The lowest BCUT2D eigenvalue weighted by molar-refractivity contribution is -0.0809. The van der Waals surface area contributed by atoms with Gasteiger partial charge in [0.1, 0.15) is 5.82 Å². The zero-order chi connectivity index (χ0) is 15.2. The van der Waals surface area contributed by atoms with Gasteiger partial charge < -0.3 is 10.5 Å². The maximum Gasteiger partial charge on any atom is 0.123 e. The number of nitrogens with two attached hydrogens (primary N) is 1. The van der Waals surface area contributed by atoms with Gasteiger partial charge in [0.05, 0.1) is 11.2 Å². The number of halogens is 1. The van der Waals surface area contributed by atoms with Gasteiger partial charge in [-0.2, -0.15) is 0 Å². The van der Waals surface area contributed by atoms with Crippen LogP contribution in [0.2, 0.25) is 0 Å². The van der Waals surface area contributed by atoms with Crippen LogP contribution in [0.1, 0.15) is 46.6 Å². The van der Waals surface area contributed by atoms with Crippen LogP contribution in [0.3, 0.4) is 0 Å². The zero-order valence-electron chi connectivity index (χ0n) is 13.2. The van der Waals surface area contributed by atoms with Crippen LogP contribution in [-0.4, -0.2) is 16.7 Å². The molecule has 2 atom stereocenters. The molecule has 0 aromatic heterocycles. The SMILES string of the molecule is CC1(C)CC(C(C)(N)Cc2cccc(F)c2)C(C)(C)O1. The minimum Gasteiger partial charge on any atom is -0.369 e. The van der Waals surface area contributed by atoms with Crippen LogP contribution in [0.15, 0.2) is 24.3 Å². The fraction of sp³-hybridized carbons (Fsp3) is 0.647. The summed E-state index contributed by atoms with van der Waals surface area (Å²) in [4.78, 5) is 0. The summed E-state index contributed by atoms with van der Waals surface area (Å²) in [7, 11) is 0. The normalized spacial score (nSPS) is 27.2. The van der Waals surface area contributed by atoms with Gasteiger partial charge in [-0.05, 0) is 65.2 Å². The molecule has 2 rings (SSSR count). The van der Waals surface area contributed by atoms with Crippen LogP contribution in [0.4, 0.5) is 4.39 Å². The summed E-state index contributed by atoms with van der Waals surface area (Å²) in [6, 6.07) is 6.70. The molecule has 1 saturated heterocycles. The average Bonchev–Trinajstić information content (AvgIpc) is 2.46. The fourth-order valence-corrected chi connectivity index (χ4v) is 3.80. The van der Waals surface area contributed by atoms with Crippen molar-refractivity contribution in [3.8, 4) is 0 Å². The standard InChI is InChI=1S/C17H26FNO/c1-15(2)11-14(16(3,4)20-15)17(5,19)10-12-7-6-8-13(18)9-12/h6-9,14H,10-11,19H2,1-5H3. The summed E-state index contributed by atoms with van der Waals surface area (Å²) >= 11 is 0. The van der Waals surface area contributed by atoms with E-state index < -0.39 is 5.54 Å². The van der Waals surface area contributed by atoms with E-state index in [-0.39, 0.29) is 22.9 Å². The van der Waals surface area contributed by atoms with Gasteiger partial charge in [0, 0.05) is 11.5 Å². The van der Waals surface area contributed by atoms with Crippen molar-refractivity contribution in [3.63, 3.8) is 0 Å². The molecule has 1 aliphatic heterocycles. The quantitative estimate of drug-likeness (QED) is 0.916. The average molecular weight is 279 g/mol. The Morgan fingerprint density at radius 3 is 2.50 bits per heavy atom. The largest absolute Gasteiger partial charge is 0.369 e. The van der Waals surface area contributed by atoms with E-state index in [4.69, 9.17) is 10.5 Å². The monoisotopic (exact) mass is 279 g/mol. The van der Waals surface area contributed by atoms with Gasteiger partial charge in [-0.15, -0.1) is 0 Å². The molecule has 2 N–H and O–H groups in total. The summed E-state index contributed by atoms with van der Waals surface area (Å²) in [6.45, 7) is 10.5. The van der Waals surface area contributed by atoms with Gasteiger partial charge in [0.25, 0.3) is 0 Å². The Balaban J connectivity index is 2.22. The predicted molar refractivity (Wildman–Crippen MR) is 80.0 cm³/mol. The van der Waals surface area contributed by atoms with E-state index in [1.54, 1.807) is 12.1 Å². The summed E-state index contributed by atoms with van der Waals surface area (Å²) in [5, 5.41) is 0. The maximum atomic E-state index is 13.3. The number of hydrogen-bond acceptors (Lipinski definition) is 2. The van der Waals surface area contributed by atoms with Crippen molar-refractivity contribution in [3.05, 3.63) is 35.6 Å².